The number of hydrogen-bond acceptors (Lipinski definition) is 3. The Morgan fingerprint density at radius 1 is 1.27 bits per heavy atom. The maximum atomic E-state index is 11.8. The van der Waals surface area contributed by atoms with Crippen LogP contribution in [0.3, 0.4) is 0 Å². The van der Waals surface area contributed by atoms with Gasteiger partial charge in [-0.15, -0.1) is 0 Å². The molecule has 1 atom stereocenters. The first-order valence-corrected chi connectivity index (χ1v) is 7.48. The summed E-state index contributed by atoms with van der Waals surface area (Å²) in [6.07, 6.45) is 4.23. The summed E-state index contributed by atoms with van der Waals surface area (Å²) in [6, 6.07) is 0. The molecule has 4 nitrogen and oxygen atoms in total. The van der Waals surface area contributed by atoms with Gasteiger partial charge in [0.05, 0.1) is 5.75 Å². The minimum absolute atomic E-state index is 0.347. The maximum Gasteiger partial charge on any atom is 0.214 e. The fourth-order valence-electron chi connectivity index (χ4n) is 2.18. The van der Waals surface area contributed by atoms with Gasteiger partial charge in [0, 0.05) is 13.1 Å². The molecule has 2 rings (SSSR count). The summed E-state index contributed by atoms with van der Waals surface area (Å²) in [5.74, 6) is 0.911. The van der Waals surface area contributed by atoms with Crippen molar-refractivity contribution in [1.82, 2.24) is 9.62 Å². The summed E-state index contributed by atoms with van der Waals surface area (Å²) in [4.78, 5) is 0. The molecular weight excluding hydrogens is 212 g/mol. The highest BCUT2D eigenvalue weighted by Crippen LogP contribution is 2.18. The van der Waals surface area contributed by atoms with Crippen LogP contribution in [0.15, 0.2) is 0 Å². The largest absolute Gasteiger partial charge is 0.316 e. The molecule has 0 aliphatic carbocycles. The number of piperidine rings is 1. The summed E-state index contributed by atoms with van der Waals surface area (Å²) >= 11 is 0. The summed E-state index contributed by atoms with van der Waals surface area (Å²) in [7, 11) is -2.92. The first-order valence-electron chi connectivity index (χ1n) is 5.87. The van der Waals surface area contributed by atoms with Gasteiger partial charge in [-0.1, -0.05) is 0 Å². The van der Waals surface area contributed by atoms with Crippen molar-refractivity contribution in [2.45, 2.75) is 25.7 Å². The normalized spacial score (nSPS) is 28.7. The van der Waals surface area contributed by atoms with Crippen molar-refractivity contribution < 1.29 is 8.42 Å². The van der Waals surface area contributed by atoms with Gasteiger partial charge in [-0.3, -0.25) is 0 Å². The molecule has 2 heterocycles. The Bertz CT molecular complexity index is 293. The molecule has 5 heteroatoms. The van der Waals surface area contributed by atoms with E-state index in [2.05, 4.69) is 5.32 Å². The molecule has 2 aliphatic heterocycles. The summed E-state index contributed by atoms with van der Waals surface area (Å²) in [5.41, 5.74) is 0. The van der Waals surface area contributed by atoms with E-state index in [0.717, 1.165) is 39.0 Å². The van der Waals surface area contributed by atoms with Gasteiger partial charge in [0.1, 0.15) is 0 Å². The molecule has 0 radical (unpaired) electrons. The molecule has 88 valence electrons. The number of sulfonamides is 1. The predicted octanol–water partition coefficient (Wildman–Crippen LogP) is 0.412. The lowest BCUT2D eigenvalue weighted by Gasteiger charge is -2.30. The molecule has 0 aromatic rings. The molecule has 0 aromatic carbocycles. The Balaban J connectivity index is 1.76. The highest BCUT2D eigenvalue weighted by molar-refractivity contribution is 7.89. The van der Waals surface area contributed by atoms with E-state index in [-0.39, 0.29) is 0 Å². The smallest absolute Gasteiger partial charge is 0.214 e. The molecule has 2 fully saturated rings. The Hall–Kier alpha value is -0.130. The van der Waals surface area contributed by atoms with Crippen LogP contribution in [0.4, 0.5) is 0 Å². The van der Waals surface area contributed by atoms with Crippen LogP contribution in [-0.2, 0) is 10.0 Å². The van der Waals surface area contributed by atoms with E-state index in [0.29, 0.717) is 11.7 Å². The molecule has 0 saturated carbocycles. The van der Waals surface area contributed by atoms with Gasteiger partial charge in [0.15, 0.2) is 0 Å². The van der Waals surface area contributed by atoms with Crippen molar-refractivity contribution in [2.24, 2.45) is 5.92 Å². The van der Waals surface area contributed by atoms with Gasteiger partial charge in [-0.05, 0) is 44.7 Å². The topological polar surface area (TPSA) is 49.4 Å². The lowest BCUT2D eigenvalue weighted by Crippen LogP contribution is -2.43. The number of nitrogens with zero attached hydrogens (tertiary/aromatic N) is 1. The van der Waals surface area contributed by atoms with Crippen LogP contribution < -0.4 is 5.32 Å². The van der Waals surface area contributed by atoms with Crippen molar-refractivity contribution in [3.05, 3.63) is 0 Å². The van der Waals surface area contributed by atoms with Gasteiger partial charge in [0.2, 0.25) is 10.0 Å². The maximum absolute atomic E-state index is 11.8. The molecule has 2 aliphatic rings. The van der Waals surface area contributed by atoms with E-state index in [9.17, 15) is 8.42 Å². The van der Waals surface area contributed by atoms with Gasteiger partial charge >= 0.3 is 0 Å². The second kappa shape index (κ2) is 4.80. The number of hydrogen-bond donors (Lipinski definition) is 1. The second-order valence-electron chi connectivity index (χ2n) is 4.57. The van der Waals surface area contributed by atoms with Gasteiger partial charge in [-0.2, -0.15) is 0 Å². The summed E-state index contributed by atoms with van der Waals surface area (Å²) in [5, 5.41) is 3.32. The van der Waals surface area contributed by atoms with Crippen LogP contribution in [0.25, 0.3) is 0 Å². The van der Waals surface area contributed by atoms with E-state index in [1.807, 2.05) is 0 Å². The molecule has 0 spiro atoms. The van der Waals surface area contributed by atoms with E-state index < -0.39 is 10.0 Å². The fourth-order valence-corrected chi connectivity index (χ4v) is 3.88. The third-order valence-corrected chi connectivity index (χ3v) is 5.29. The molecule has 0 aromatic heterocycles. The number of rotatable bonds is 4. The molecule has 15 heavy (non-hydrogen) atoms. The first kappa shape index (κ1) is 11.4. The lowest BCUT2D eigenvalue weighted by molar-refractivity contribution is 0.305. The van der Waals surface area contributed by atoms with Gasteiger partial charge in [0.25, 0.3) is 0 Å². The third-order valence-electron chi connectivity index (χ3n) is 3.39. The second-order valence-corrected chi connectivity index (χ2v) is 6.66. The molecule has 1 N–H and O–H groups in total. The minimum atomic E-state index is -2.92. The monoisotopic (exact) mass is 232 g/mol. The van der Waals surface area contributed by atoms with E-state index >= 15 is 0 Å². The van der Waals surface area contributed by atoms with Crippen molar-refractivity contribution in [3.8, 4) is 0 Å². The molecule has 1 unspecified atom stereocenters. The van der Waals surface area contributed by atoms with Crippen LogP contribution in [0.1, 0.15) is 25.7 Å². The molecule has 2 saturated heterocycles. The Morgan fingerprint density at radius 2 is 2.07 bits per heavy atom. The Kier molecular flexibility index (Phi) is 3.64. The minimum Gasteiger partial charge on any atom is -0.316 e. The van der Waals surface area contributed by atoms with Crippen LogP contribution in [0, 0.1) is 5.92 Å². The van der Waals surface area contributed by atoms with Crippen molar-refractivity contribution in [2.75, 3.05) is 31.9 Å². The van der Waals surface area contributed by atoms with Crippen molar-refractivity contribution >= 4 is 10.0 Å². The molecule has 0 amide bonds. The lowest BCUT2D eigenvalue weighted by atomic mass is 9.97. The zero-order valence-electron chi connectivity index (χ0n) is 9.11. The number of nitrogens with one attached hydrogen (secondary N) is 1. The SMILES string of the molecule is O=S(=O)(CCC1CCCNC1)N1CCC1. The molecular formula is C10H20N2O2S. The standard InChI is InChI=1S/C10H20N2O2S/c13-15(14,12-6-2-7-12)8-4-10-3-1-5-11-9-10/h10-11H,1-9H2. The summed E-state index contributed by atoms with van der Waals surface area (Å²) < 4.78 is 25.1. The Morgan fingerprint density at radius 3 is 2.60 bits per heavy atom. The van der Waals surface area contributed by atoms with E-state index in [1.165, 1.54) is 12.8 Å². The van der Waals surface area contributed by atoms with Crippen molar-refractivity contribution in [1.29, 1.82) is 0 Å². The Labute approximate surface area is 92.1 Å². The average molecular weight is 232 g/mol. The average Bonchev–Trinajstić information content (AvgIpc) is 2.13. The van der Waals surface area contributed by atoms with Crippen LogP contribution in [-0.4, -0.2) is 44.7 Å². The zero-order chi connectivity index (χ0) is 10.7. The third kappa shape index (κ3) is 2.92. The van der Waals surface area contributed by atoms with Crippen LogP contribution in [0.2, 0.25) is 0 Å². The summed E-state index contributed by atoms with van der Waals surface area (Å²) in [6.45, 7) is 3.57. The quantitative estimate of drug-likeness (QED) is 0.764. The molecule has 0 bridgehead atoms. The van der Waals surface area contributed by atoms with Gasteiger partial charge in [-0.25, -0.2) is 12.7 Å². The van der Waals surface area contributed by atoms with Crippen molar-refractivity contribution in [3.63, 3.8) is 0 Å². The highest BCUT2D eigenvalue weighted by atomic mass is 32.2. The van der Waals surface area contributed by atoms with E-state index in [1.54, 1.807) is 4.31 Å². The zero-order valence-corrected chi connectivity index (χ0v) is 9.93. The first-order chi connectivity index (χ1) is 7.18. The van der Waals surface area contributed by atoms with Crippen LogP contribution in [0.5, 0.6) is 0 Å². The van der Waals surface area contributed by atoms with Crippen LogP contribution >= 0.6 is 0 Å². The van der Waals surface area contributed by atoms with Gasteiger partial charge < -0.3 is 5.32 Å². The van der Waals surface area contributed by atoms with E-state index in [4.69, 9.17) is 0 Å². The predicted molar refractivity (Wildman–Crippen MR) is 60.2 cm³/mol. The fraction of sp³-hybridized carbons (Fsp3) is 1.00. The highest BCUT2D eigenvalue weighted by Gasteiger charge is 2.28.